The Balaban J connectivity index is 1.74. The van der Waals surface area contributed by atoms with E-state index < -0.39 is 0 Å². The third-order valence-corrected chi connectivity index (χ3v) is 5.15. The number of hydrogen-bond acceptors (Lipinski definition) is 3. The monoisotopic (exact) mass is 339 g/mol. The van der Waals surface area contributed by atoms with E-state index in [4.69, 9.17) is 11.6 Å². The Labute approximate surface area is 147 Å². The molecule has 0 amide bonds. The molecule has 2 aliphatic rings. The SMILES string of the molecule is ClC1=CC(c2cc(NC3CCNCC3)c3cnccc3c2)=CCC1. The topological polar surface area (TPSA) is 37.0 Å². The lowest BCUT2D eigenvalue weighted by Gasteiger charge is -2.26. The molecule has 0 unspecified atom stereocenters. The highest BCUT2D eigenvalue weighted by Gasteiger charge is 2.15. The highest BCUT2D eigenvalue weighted by Crippen LogP contribution is 2.33. The van der Waals surface area contributed by atoms with Crippen molar-refractivity contribution < 1.29 is 0 Å². The van der Waals surface area contributed by atoms with Crippen molar-refractivity contribution in [2.24, 2.45) is 0 Å². The van der Waals surface area contributed by atoms with Gasteiger partial charge in [-0.3, -0.25) is 4.98 Å². The first kappa shape index (κ1) is 15.7. The van der Waals surface area contributed by atoms with E-state index in [0.29, 0.717) is 6.04 Å². The summed E-state index contributed by atoms with van der Waals surface area (Å²) < 4.78 is 0. The zero-order chi connectivity index (χ0) is 16.4. The molecule has 2 N–H and O–H groups in total. The number of nitrogens with one attached hydrogen (secondary N) is 2. The molecule has 1 aliphatic heterocycles. The summed E-state index contributed by atoms with van der Waals surface area (Å²) in [6, 6.07) is 7.09. The number of rotatable bonds is 3. The van der Waals surface area contributed by atoms with Crippen molar-refractivity contribution in [1.29, 1.82) is 0 Å². The smallest absolute Gasteiger partial charge is 0.0443 e. The summed E-state index contributed by atoms with van der Waals surface area (Å²) in [5.41, 5.74) is 3.62. The zero-order valence-electron chi connectivity index (χ0n) is 13.7. The van der Waals surface area contributed by atoms with Crippen LogP contribution in [0.25, 0.3) is 16.3 Å². The first-order valence-corrected chi connectivity index (χ1v) is 9.09. The second-order valence-electron chi connectivity index (χ2n) is 6.58. The summed E-state index contributed by atoms with van der Waals surface area (Å²) in [6.07, 6.45) is 12.5. The fourth-order valence-corrected chi connectivity index (χ4v) is 3.76. The molecular formula is C20H22ClN3. The maximum atomic E-state index is 6.26. The highest BCUT2D eigenvalue weighted by molar-refractivity contribution is 6.30. The number of piperidine rings is 1. The molecule has 2 heterocycles. The number of anilines is 1. The Hall–Kier alpha value is -1.84. The standard InChI is InChI=1S/C20H22ClN3/c21-17-3-1-2-14(11-17)16-10-15-4-7-23-13-19(15)20(12-16)24-18-5-8-22-9-6-18/h2,4,7,10-13,18,22,24H,1,3,5-6,8-9H2. The molecule has 1 aromatic carbocycles. The van der Waals surface area contributed by atoms with Gasteiger partial charge in [0.2, 0.25) is 0 Å². The van der Waals surface area contributed by atoms with Crippen LogP contribution in [0.1, 0.15) is 31.2 Å². The molecule has 0 bridgehead atoms. The van der Waals surface area contributed by atoms with Crippen LogP contribution in [0.2, 0.25) is 0 Å². The number of nitrogens with zero attached hydrogens (tertiary/aromatic N) is 1. The normalized spacial score (nSPS) is 19.0. The van der Waals surface area contributed by atoms with Crippen LogP contribution in [0.15, 0.2) is 47.8 Å². The molecule has 1 saturated heterocycles. The molecule has 0 radical (unpaired) electrons. The molecule has 0 saturated carbocycles. The van der Waals surface area contributed by atoms with Crippen molar-refractivity contribution in [2.75, 3.05) is 18.4 Å². The van der Waals surface area contributed by atoms with Crippen molar-refractivity contribution in [1.82, 2.24) is 10.3 Å². The van der Waals surface area contributed by atoms with E-state index in [2.05, 4.69) is 46.0 Å². The molecule has 4 rings (SSSR count). The Bertz CT molecular complexity index is 804. The van der Waals surface area contributed by atoms with Crippen LogP contribution in [0.3, 0.4) is 0 Å². The summed E-state index contributed by atoms with van der Waals surface area (Å²) in [5.74, 6) is 0. The molecule has 1 aliphatic carbocycles. The minimum Gasteiger partial charge on any atom is -0.382 e. The predicted octanol–water partition coefficient (Wildman–Crippen LogP) is 4.70. The molecule has 124 valence electrons. The lowest BCUT2D eigenvalue weighted by molar-refractivity contribution is 0.479. The molecule has 3 nitrogen and oxygen atoms in total. The van der Waals surface area contributed by atoms with Crippen LogP contribution in [0, 0.1) is 0 Å². The van der Waals surface area contributed by atoms with Crippen LogP contribution in [0.5, 0.6) is 0 Å². The van der Waals surface area contributed by atoms with Crippen LogP contribution in [-0.4, -0.2) is 24.1 Å². The summed E-state index contributed by atoms with van der Waals surface area (Å²) in [5, 5.41) is 10.5. The highest BCUT2D eigenvalue weighted by atomic mass is 35.5. The average Bonchev–Trinajstić information content (AvgIpc) is 2.62. The van der Waals surface area contributed by atoms with Crippen molar-refractivity contribution >= 4 is 33.6 Å². The first-order chi connectivity index (χ1) is 11.8. The lowest BCUT2D eigenvalue weighted by atomic mass is 9.96. The van der Waals surface area contributed by atoms with E-state index in [1.165, 1.54) is 27.6 Å². The van der Waals surface area contributed by atoms with Crippen molar-refractivity contribution in [3.63, 3.8) is 0 Å². The molecule has 0 spiro atoms. The van der Waals surface area contributed by atoms with Gasteiger partial charge in [-0.2, -0.15) is 0 Å². The fraction of sp³-hybridized carbons (Fsp3) is 0.350. The van der Waals surface area contributed by atoms with Gasteiger partial charge in [-0.15, -0.1) is 0 Å². The third kappa shape index (κ3) is 3.33. The van der Waals surface area contributed by atoms with Gasteiger partial charge in [0.1, 0.15) is 0 Å². The summed E-state index contributed by atoms with van der Waals surface area (Å²) in [6.45, 7) is 2.16. The Morgan fingerprint density at radius 2 is 2.08 bits per heavy atom. The van der Waals surface area contributed by atoms with Gasteiger partial charge in [-0.25, -0.2) is 0 Å². The average molecular weight is 340 g/mol. The molecule has 1 aromatic heterocycles. The van der Waals surface area contributed by atoms with E-state index in [1.54, 1.807) is 0 Å². The zero-order valence-corrected chi connectivity index (χ0v) is 14.4. The van der Waals surface area contributed by atoms with Gasteiger partial charge in [-0.1, -0.05) is 17.7 Å². The number of aromatic nitrogens is 1. The second kappa shape index (κ2) is 6.96. The molecule has 4 heteroatoms. The third-order valence-electron chi connectivity index (χ3n) is 4.85. The minimum absolute atomic E-state index is 0.518. The van der Waals surface area contributed by atoms with Crippen LogP contribution in [-0.2, 0) is 0 Å². The summed E-state index contributed by atoms with van der Waals surface area (Å²) in [4.78, 5) is 4.32. The molecule has 0 atom stereocenters. The van der Waals surface area contributed by atoms with Crippen molar-refractivity contribution in [2.45, 2.75) is 31.7 Å². The van der Waals surface area contributed by atoms with Gasteiger partial charge in [-0.05, 0) is 79.6 Å². The first-order valence-electron chi connectivity index (χ1n) is 8.71. The van der Waals surface area contributed by atoms with Gasteiger partial charge in [0.25, 0.3) is 0 Å². The van der Waals surface area contributed by atoms with E-state index in [9.17, 15) is 0 Å². The van der Waals surface area contributed by atoms with Crippen LogP contribution >= 0.6 is 11.6 Å². The van der Waals surface area contributed by atoms with E-state index in [-0.39, 0.29) is 0 Å². The number of hydrogen-bond donors (Lipinski definition) is 2. The summed E-state index contributed by atoms with van der Waals surface area (Å²) in [7, 11) is 0. The maximum absolute atomic E-state index is 6.26. The number of fused-ring (bicyclic) bond motifs is 1. The lowest BCUT2D eigenvalue weighted by Crippen LogP contribution is -2.35. The second-order valence-corrected chi connectivity index (χ2v) is 7.06. The number of halogens is 1. The molecule has 1 fully saturated rings. The van der Waals surface area contributed by atoms with Gasteiger partial charge < -0.3 is 10.6 Å². The van der Waals surface area contributed by atoms with E-state index >= 15 is 0 Å². The predicted molar refractivity (Wildman–Crippen MR) is 102 cm³/mol. The Kier molecular flexibility index (Phi) is 4.54. The van der Waals surface area contributed by atoms with Gasteiger partial charge in [0.05, 0.1) is 0 Å². The molecule has 2 aromatic rings. The van der Waals surface area contributed by atoms with E-state index in [0.717, 1.165) is 43.8 Å². The number of allylic oxidation sites excluding steroid dienone is 4. The molecular weight excluding hydrogens is 318 g/mol. The quantitative estimate of drug-likeness (QED) is 0.851. The Morgan fingerprint density at radius 1 is 1.21 bits per heavy atom. The van der Waals surface area contributed by atoms with Gasteiger partial charge in [0.15, 0.2) is 0 Å². The van der Waals surface area contributed by atoms with Crippen molar-refractivity contribution in [3.05, 3.63) is 53.3 Å². The van der Waals surface area contributed by atoms with E-state index in [1.807, 2.05) is 12.4 Å². The van der Waals surface area contributed by atoms with Gasteiger partial charge >= 0.3 is 0 Å². The van der Waals surface area contributed by atoms with Crippen molar-refractivity contribution in [3.8, 4) is 0 Å². The van der Waals surface area contributed by atoms with Gasteiger partial charge in [0, 0.05) is 34.5 Å². The number of pyridine rings is 1. The van der Waals surface area contributed by atoms with Crippen LogP contribution < -0.4 is 10.6 Å². The largest absolute Gasteiger partial charge is 0.382 e. The van der Waals surface area contributed by atoms with Crippen LogP contribution in [0.4, 0.5) is 5.69 Å². The number of benzene rings is 1. The summed E-state index contributed by atoms with van der Waals surface area (Å²) >= 11 is 6.26. The molecule has 24 heavy (non-hydrogen) atoms. The maximum Gasteiger partial charge on any atom is 0.0443 e. The fourth-order valence-electron chi connectivity index (χ4n) is 3.54. The Morgan fingerprint density at radius 3 is 2.92 bits per heavy atom. The minimum atomic E-state index is 0.518.